The van der Waals surface area contributed by atoms with Crippen LogP contribution in [0.4, 0.5) is 0 Å². The van der Waals surface area contributed by atoms with Crippen molar-refractivity contribution in [2.75, 3.05) is 13.1 Å². The van der Waals surface area contributed by atoms with Crippen molar-refractivity contribution < 1.29 is 9.53 Å². The third-order valence-electron chi connectivity index (χ3n) is 3.38. The van der Waals surface area contributed by atoms with E-state index in [1.54, 1.807) is 0 Å². The zero-order valence-electron chi connectivity index (χ0n) is 10.4. The monoisotopic (exact) mass is 226 g/mol. The van der Waals surface area contributed by atoms with Gasteiger partial charge < -0.3 is 15.0 Å². The van der Waals surface area contributed by atoms with Gasteiger partial charge in [0.25, 0.3) is 5.91 Å². The molecule has 0 bridgehead atoms. The quantitative estimate of drug-likeness (QED) is 0.718. The van der Waals surface area contributed by atoms with Gasteiger partial charge in [0.2, 0.25) is 0 Å². The Morgan fingerprint density at radius 1 is 1.19 bits per heavy atom. The molecule has 2 aliphatic rings. The number of rotatable bonds is 1. The zero-order chi connectivity index (χ0) is 11.7. The van der Waals surface area contributed by atoms with Crippen LogP contribution in [0.25, 0.3) is 0 Å². The van der Waals surface area contributed by atoms with Gasteiger partial charge in [0, 0.05) is 25.2 Å². The Labute approximate surface area is 97.3 Å². The fourth-order valence-corrected chi connectivity index (χ4v) is 2.69. The molecule has 2 heterocycles. The minimum Gasteiger partial charge on any atom is -0.365 e. The van der Waals surface area contributed by atoms with Crippen molar-refractivity contribution in [3.63, 3.8) is 0 Å². The number of hydrogen-bond donors (Lipinski definition) is 1. The first-order valence-corrected chi connectivity index (χ1v) is 6.26. The Bertz CT molecular complexity index is 260. The molecule has 4 nitrogen and oxygen atoms in total. The SMILES string of the molecule is CC1CN(C(=O)C2CCC(C)O2)CC(C)N1. The molecule has 1 amide bonds. The molecule has 2 rings (SSSR count). The van der Waals surface area contributed by atoms with Crippen LogP contribution < -0.4 is 5.32 Å². The average Bonchev–Trinajstić information content (AvgIpc) is 2.62. The molecule has 0 saturated carbocycles. The molecule has 2 saturated heterocycles. The molecule has 2 aliphatic heterocycles. The summed E-state index contributed by atoms with van der Waals surface area (Å²) in [6, 6.07) is 0.762. The summed E-state index contributed by atoms with van der Waals surface area (Å²) in [5, 5.41) is 3.43. The lowest BCUT2D eigenvalue weighted by Gasteiger charge is -2.37. The molecule has 1 N–H and O–H groups in total. The first-order chi connectivity index (χ1) is 7.56. The summed E-state index contributed by atoms with van der Waals surface area (Å²) >= 11 is 0. The van der Waals surface area contributed by atoms with Gasteiger partial charge in [0.1, 0.15) is 6.10 Å². The standard InChI is InChI=1S/C12H22N2O2/c1-8-6-14(7-9(2)13-8)12(15)11-5-4-10(3)16-11/h8-11,13H,4-7H2,1-3H3. The molecule has 16 heavy (non-hydrogen) atoms. The highest BCUT2D eigenvalue weighted by Gasteiger charge is 2.34. The van der Waals surface area contributed by atoms with E-state index in [2.05, 4.69) is 19.2 Å². The van der Waals surface area contributed by atoms with Crippen molar-refractivity contribution in [2.45, 2.75) is 57.9 Å². The van der Waals surface area contributed by atoms with Gasteiger partial charge in [-0.1, -0.05) is 0 Å². The topological polar surface area (TPSA) is 41.6 Å². The van der Waals surface area contributed by atoms with Crippen molar-refractivity contribution in [2.24, 2.45) is 0 Å². The maximum Gasteiger partial charge on any atom is 0.251 e. The van der Waals surface area contributed by atoms with Crippen LogP contribution in [0.3, 0.4) is 0 Å². The Balaban J connectivity index is 1.93. The lowest BCUT2D eigenvalue weighted by Crippen LogP contribution is -2.57. The fourth-order valence-electron chi connectivity index (χ4n) is 2.69. The van der Waals surface area contributed by atoms with Crippen LogP contribution in [0.2, 0.25) is 0 Å². The largest absolute Gasteiger partial charge is 0.365 e. The number of amides is 1. The first kappa shape index (κ1) is 11.9. The third kappa shape index (κ3) is 2.55. The zero-order valence-corrected chi connectivity index (χ0v) is 10.4. The molecule has 0 spiro atoms. The van der Waals surface area contributed by atoms with E-state index in [1.165, 1.54) is 0 Å². The van der Waals surface area contributed by atoms with E-state index in [-0.39, 0.29) is 18.1 Å². The third-order valence-corrected chi connectivity index (χ3v) is 3.38. The number of piperazine rings is 1. The van der Waals surface area contributed by atoms with E-state index in [1.807, 2.05) is 11.8 Å². The molecule has 4 atom stereocenters. The molecule has 0 radical (unpaired) electrons. The minimum absolute atomic E-state index is 0.185. The molecule has 2 fully saturated rings. The van der Waals surface area contributed by atoms with Crippen LogP contribution in [0, 0.1) is 0 Å². The van der Waals surface area contributed by atoms with E-state index in [0.717, 1.165) is 25.9 Å². The number of hydrogen-bond acceptors (Lipinski definition) is 3. The van der Waals surface area contributed by atoms with E-state index in [9.17, 15) is 4.79 Å². The Hall–Kier alpha value is -0.610. The molecular weight excluding hydrogens is 204 g/mol. The predicted molar refractivity (Wildman–Crippen MR) is 62.2 cm³/mol. The lowest BCUT2D eigenvalue weighted by molar-refractivity contribution is -0.144. The smallest absolute Gasteiger partial charge is 0.251 e. The van der Waals surface area contributed by atoms with E-state index >= 15 is 0 Å². The summed E-state index contributed by atoms with van der Waals surface area (Å²) in [5.74, 6) is 0.185. The van der Waals surface area contributed by atoms with Gasteiger partial charge in [-0.3, -0.25) is 4.79 Å². The number of carbonyl (C=O) groups is 1. The molecule has 0 aliphatic carbocycles. The number of carbonyl (C=O) groups excluding carboxylic acids is 1. The van der Waals surface area contributed by atoms with Gasteiger partial charge in [0.05, 0.1) is 6.10 Å². The van der Waals surface area contributed by atoms with Crippen LogP contribution in [-0.2, 0) is 9.53 Å². The second-order valence-corrected chi connectivity index (χ2v) is 5.22. The van der Waals surface area contributed by atoms with E-state index in [0.29, 0.717) is 12.1 Å². The number of ether oxygens (including phenoxy) is 1. The first-order valence-electron chi connectivity index (χ1n) is 6.26. The normalized spacial score (nSPS) is 40.1. The summed E-state index contributed by atoms with van der Waals surface area (Å²) in [6.07, 6.45) is 1.94. The summed E-state index contributed by atoms with van der Waals surface area (Å²) in [5.41, 5.74) is 0. The van der Waals surface area contributed by atoms with E-state index < -0.39 is 0 Å². The minimum atomic E-state index is -0.188. The fraction of sp³-hybridized carbons (Fsp3) is 0.917. The Morgan fingerprint density at radius 3 is 2.31 bits per heavy atom. The van der Waals surface area contributed by atoms with Crippen LogP contribution in [0.1, 0.15) is 33.6 Å². The predicted octanol–water partition coefficient (Wildman–Crippen LogP) is 0.763. The number of nitrogens with one attached hydrogen (secondary N) is 1. The van der Waals surface area contributed by atoms with Crippen molar-refractivity contribution >= 4 is 5.91 Å². The van der Waals surface area contributed by atoms with Gasteiger partial charge >= 0.3 is 0 Å². The van der Waals surface area contributed by atoms with Crippen LogP contribution >= 0.6 is 0 Å². The van der Waals surface area contributed by atoms with Gasteiger partial charge in [0.15, 0.2) is 0 Å². The number of nitrogens with zero attached hydrogens (tertiary/aromatic N) is 1. The highest BCUT2D eigenvalue weighted by molar-refractivity contribution is 5.81. The second-order valence-electron chi connectivity index (χ2n) is 5.22. The maximum absolute atomic E-state index is 12.2. The molecular formula is C12H22N2O2. The van der Waals surface area contributed by atoms with Gasteiger partial charge in [-0.25, -0.2) is 0 Å². The maximum atomic E-state index is 12.2. The van der Waals surface area contributed by atoms with Gasteiger partial charge in [-0.05, 0) is 33.6 Å². The molecule has 92 valence electrons. The van der Waals surface area contributed by atoms with Crippen LogP contribution in [0.5, 0.6) is 0 Å². The highest BCUT2D eigenvalue weighted by atomic mass is 16.5. The second kappa shape index (κ2) is 4.72. The summed E-state index contributed by atoms with van der Waals surface area (Å²) in [4.78, 5) is 14.2. The van der Waals surface area contributed by atoms with E-state index in [4.69, 9.17) is 4.74 Å². The average molecular weight is 226 g/mol. The van der Waals surface area contributed by atoms with Gasteiger partial charge in [-0.2, -0.15) is 0 Å². The molecule has 0 aromatic heterocycles. The van der Waals surface area contributed by atoms with Crippen molar-refractivity contribution in [1.82, 2.24) is 10.2 Å². The molecule has 4 unspecified atom stereocenters. The van der Waals surface area contributed by atoms with Crippen molar-refractivity contribution in [3.8, 4) is 0 Å². The van der Waals surface area contributed by atoms with Crippen molar-refractivity contribution in [1.29, 1.82) is 0 Å². The summed E-state index contributed by atoms with van der Waals surface area (Å²) < 4.78 is 5.64. The lowest BCUT2D eigenvalue weighted by atomic mass is 10.1. The van der Waals surface area contributed by atoms with Crippen molar-refractivity contribution in [3.05, 3.63) is 0 Å². The molecule has 0 aromatic carbocycles. The summed E-state index contributed by atoms with van der Waals surface area (Å²) in [6.45, 7) is 7.88. The van der Waals surface area contributed by atoms with Crippen LogP contribution in [0.15, 0.2) is 0 Å². The molecule has 4 heteroatoms. The van der Waals surface area contributed by atoms with Crippen LogP contribution in [-0.4, -0.2) is 48.2 Å². The van der Waals surface area contributed by atoms with Gasteiger partial charge in [-0.15, -0.1) is 0 Å². The summed E-state index contributed by atoms with van der Waals surface area (Å²) in [7, 11) is 0. The Kier molecular flexibility index (Phi) is 3.50. The molecule has 0 aromatic rings. The Morgan fingerprint density at radius 2 is 1.81 bits per heavy atom. The highest BCUT2D eigenvalue weighted by Crippen LogP contribution is 2.21.